The van der Waals surface area contributed by atoms with Crippen LogP contribution >= 0.6 is 0 Å². The molecule has 0 saturated heterocycles. The fourth-order valence-corrected chi connectivity index (χ4v) is 1.43. The number of rotatable bonds is 5. The lowest BCUT2D eigenvalue weighted by Gasteiger charge is -2.10. The number of nitrogens with zero attached hydrogens (tertiary/aromatic N) is 1. The van der Waals surface area contributed by atoms with Crippen molar-refractivity contribution in [3.63, 3.8) is 0 Å². The van der Waals surface area contributed by atoms with Crippen LogP contribution in [-0.4, -0.2) is 27.9 Å². The lowest BCUT2D eigenvalue weighted by molar-refractivity contribution is -0.138. The Morgan fingerprint density at radius 1 is 1.32 bits per heavy atom. The Bertz CT molecular complexity index is 461. The number of hydrazine groups is 1. The molecule has 1 rings (SSSR count). The molecule has 102 valence electrons. The molecule has 7 nitrogen and oxygen atoms in total. The van der Waals surface area contributed by atoms with Crippen molar-refractivity contribution in [2.75, 3.05) is 0 Å². The fraction of sp³-hybridized carbons (Fsp3) is 0.333. The maximum Gasteiger partial charge on any atom is 0.303 e. The van der Waals surface area contributed by atoms with E-state index in [9.17, 15) is 14.4 Å². The zero-order valence-corrected chi connectivity index (χ0v) is 10.4. The number of aromatic nitrogens is 1. The van der Waals surface area contributed by atoms with Gasteiger partial charge in [0.15, 0.2) is 0 Å². The first-order valence-electron chi connectivity index (χ1n) is 5.70. The largest absolute Gasteiger partial charge is 0.481 e. The summed E-state index contributed by atoms with van der Waals surface area (Å²) >= 11 is 0. The van der Waals surface area contributed by atoms with Gasteiger partial charge in [-0.15, -0.1) is 0 Å². The Kier molecular flexibility index (Phi) is 5.46. The number of hydrogen-bond donors (Lipinski definition) is 3. The maximum absolute atomic E-state index is 11.6. The highest BCUT2D eigenvalue weighted by atomic mass is 16.4. The summed E-state index contributed by atoms with van der Waals surface area (Å²) in [6, 6.07) is 3.16. The van der Waals surface area contributed by atoms with Gasteiger partial charge in [0.2, 0.25) is 5.91 Å². The molecule has 3 N–H and O–H groups in total. The number of carbonyl (C=O) groups is 3. The topological polar surface area (TPSA) is 108 Å². The average molecular weight is 265 g/mol. The molecule has 7 heteroatoms. The van der Waals surface area contributed by atoms with E-state index in [4.69, 9.17) is 5.11 Å². The molecule has 1 aromatic heterocycles. The van der Waals surface area contributed by atoms with Gasteiger partial charge in [-0.1, -0.05) is 6.92 Å². The third-order valence-electron chi connectivity index (χ3n) is 2.30. The third-order valence-corrected chi connectivity index (χ3v) is 2.30. The summed E-state index contributed by atoms with van der Waals surface area (Å²) < 4.78 is 0. The van der Waals surface area contributed by atoms with Crippen LogP contribution in [-0.2, 0) is 9.59 Å². The van der Waals surface area contributed by atoms with E-state index in [2.05, 4.69) is 15.8 Å². The number of hydrogen-bond acceptors (Lipinski definition) is 4. The van der Waals surface area contributed by atoms with Gasteiger partial charge in [-0.05, 0) is 18.1 Å². The monoisotopic (exact) mass is 265 g/mol. The Balaban J connectivity index is 2.34. The van der Waals surface area contributed by atoms with Crippen molar-refractivity contribution in [3.05, 3.63) is 30.1 Å². The molecule has 0 aliphatic heterocycles. The predicted molar refractivity (Wildman–Crippen MR) is 65.9 cm³/mol. The Morgan fingerprint density at radius 2 is 2.05 bits per heavy atom. The lowest BCUT2D eigenvalue weighted by Crippen LogP contribution is -2.42. The molecule has 2 amide bonds. The van der Waals surface area contributed by atoms with E-state index in [0.717, 1.165) is 0 Å². The SMILES string of the molecule is C[C@@H](CC(=O)O)CC(=O)NNC(=O)c1cccnc1. The highest BCUT2D eigenvalue weighted by Gasteiger charge is 2.13. The highest BCUT2D eigenvalue weighted by Crippen LogP contribution is 2.06. The molecule has 0 bridgehead atoms. The van der Waals surface area contributed by atoms with Crippen molar-refractivity contribution in [2.45, 2.75) is 19.8 Å². The van der Waals surface area contributed by atoms with Crippen molar-refractivity contribution >= 4 is 17.8 Å². The van der Waals surface area contributed by atoms with E-state index < -0.39 is 17.8 Å². The average Bonchev–Trinajstić information content (AvgIpc) is 2.36. The molecule has 0 aliphatic rings. The van der Waals surface area contributed by atoms with E-state index in [1.807, 2.05) is 0 Å². The first-order chi connectivity index (χ1) is 8.99. The number of carboxylic acid groups (broad SMARTS) is 1. The van der Waals surface area contributed by atoms with Crippen LogP contribution in [0.1, 0.15) is 30.1 Å². The summed E-state index contributed by atoms with van der Waals surface area (Å²) in [7, 11) is 0. The molecule has 0 radical (unpaired) electrons. The van der Waals surface area contributed by atoms with Crippen molar-refractivity contribution in [3.8, 4) is 0 Å². The summed E-state index contributed by atoms with van der Waals surface area (Å²) in [6.07, 6.45) is 2.83. The van der Waals surface area contributed by atoms with Crippen LogP contribution < -0.4 is 10.9 Å². The summed E-state index contributed by atoms with van der Waals surface area (Å²) in [5, 5.41) is 8.56. The molecule has 0 aliphatic carbocycles. The highest BCUT2D eigenvalue weighted by molar-refractivity contribution is 5.95. The molecule has 0 saturated carbocycles. The van der Waals surface area contributed by atoms with Gasteiger partial charge in [0.05, 0.1) is 5.56 Å². The third kappa shape index (κ3) is 5.62. The first-order valence-corrected chi connectivity index (χ1v) is 5.70. The van der Waals surface area contributed by atoms with E-state index >= 15 is 0 Å². The van der Waals surface area contributed by atoms with Crippen LogP contribution in [0.3, 0.4) is 0 Å². The zero-order valence-electron chi connectivity index (χ0n) is 10.4. The molecule has 1 heterocycles. The van der Waals surface area contributed by atoms with E-state index in [1.165, 1.54) is 12.4 Å². The van der Waals surface area contributed by atoms with Gasteiger partial charge >= 0.3 is 5.97 Å². The van der Waals surface area contributed by atoms with Crippen molar-refractivity contribution in [2.24, 2.45) is 5.92 Å². The van der Waals surface area contributed by atoms with Crippen molar-refractivity contribution in [1.29, 1.82) is 0 Å². The standard InChI is InChI=1S/C12H15N3O4/c1-8(6-11(17)18)5-10(16)14-15-12(19)9-3-2-4-13-7-9/h2-4,7-8H,5-6H2,1H3,(H,14,16)(H,15,19)(H,17,18)/t8-/m1/s1. The van der Waals surface area contributed by atoms with Gasteiger partial charge < -0.3 is 5.11 Å². The van der Waals surface area contributed by atoms with Crippen LogP contribution in [0, 0.1) is 5.92 Å². The van der Waals surface area contributed by atoms with Crippen LogP contribution in [0.2, 0.25) is 0 Å². The number of carbonyl (C=O) groups excluding carboxylic acids is 2. The summed E-state index contributed by atoms with van der Waals surface area (Å²) in [5.41, 5.74) is 4.78. The van der Waals surface area contributed by atoms with Gasteiger partial charge in [-0.3, -0.25) is 30.2 Å². The predicted octanol–water partition coefficient (Wildman–Crippen LogP) is 0.344. The number of nitrogens with one attached hydrogen (secondary N) is 2. The molecule has 0 fully saturated rings. The van der Waals surface area contributed by atoms with E-state index in [-0.39, 0.29) is 18.8 Å². The second-order valence-corrected chi connectivity index (χ2v) is 4.15. The van der Waals surface area contributed by atoms with Crippen LogP contribution in [0.4, 0.5) is 0 Å². The van der Waals surface area contributed by atoms with Crippen LogP contribution in [0.5, 0.6) is 0 Å². The normalized spacial score (nSPS) is 11.4. The van der Waals surface area contributed by atoms with Crippen LogP contribution in [0.25, 0.3) is 0 Å². The minimum absolute atomic E-state index is 0.0274. The summed E-state index contributed by atoms with van der Waals surface area (Å²) in [4.78, 5) is 37.2. The van der Waals surface area contributed by atoms with Gasteiger partial charge in [-0.25, -0.2) is 0 Å². The van der Waals surface area contributed by atoms with Gasteiger partial charge in [0.1, 0.15) is 0 Å². The smallest absolute Gasteiger partial charge is 0.303 e. The summed E-state index contributed by atoms with van der Waals surface area (Å²) in [6.45, 7) is 1.65. The Morgan fingerprint density at radius 3 is 2.63 bits per heavy atom. The van der Waals surface area contributed by atoms with Crippen LogP contribution in [0.15, 0.2) is 24.5 Å². The lowest BCUT2D eigenvalue weighted by atomic mass is 10.0. The maximum atomic E-state index is 11.6. The van der Waals surface area contributed by atoms with Gasteiger partial charge in [0.25, 0.3) is 5.91 Å². The minimum Gasteiger partial charge on any atom is -0.481 e. The molecule has 0 spiro atoms. The zero-order chi connectivity index (χ0) is 14.3. The summed E-state index contributed by atoms with van der Waals surface area (Å²) in [5.74, 6) is -2.18. The second kappa shape index (κ2) is 7.10. The number of pyridine rings is 1. The Labute approximate surface area is 110 Å². The molecule has 19 heavy (non-hydrogen) atoms. The fourth-order valence-electron chi connectivity index (χ4n) is 1.43. The van der Waals surface area contributed by atoms with Crippen molar-refractivity contribution in [1.82, 2.24) is 15.8 Å². The van der Waals surface area contributed by atoms with Gasteiger partial charge in [-0.2, -0.15) is 0 Å². The molecule has 1 aromatic rings. The number of carboxylic acids is 1. The van der Waals surface area contributed by atoms with Crippen molar-refractivity contribution < 1.29 is 19.5 Å². The minimum atomic E-state index is -0.959. The van der Waals surface area contributed by atoms with E-state index in [1.54, 1.807) is 19.1 Å². The van der Waals surface area contributed by atoms with E-state index in [0.29, 0.717) is 5.56 Å². The van der Waals surface area contributed by atoms with Gasteiger partial charge in [0, 0.05) is 25.2 Å². The quantitative estimate of drug-likeness (QED) is 0.665. The second-order valence-electron chi connectivity index (χ2n) is 4.15. The number of aliphatic carboxylic acids is 1. The molecular weight excluding hydrogens is 250 g/mol. The molecular formula is C12H15N3O4. The number of amides is 2. The first kappa shape index (κ1) is 14.6. The molecule has 0 aromatic carbocycles. The molecule has 0 unspecified atom stereocenters. The molecule has 1 atom stereocenters. The Hall–Kier alpha value is -2.44.